The average Bonchev–Trinajstić information content (AvgIpc) is 2.63. The molecule has 0 aliphatic heterocycles. The molecule has 0 atom stereocenters. The van der Waals surface area contributed by atoms with Gasteiger partial charge >= 0.3 is 0 Å². The quantitative estimate of drug-likeness (QED) is 0.711. The first-order valence-electron chi connectivity index (χ1n) is 5.21. The highest BCUT2D eigenvalue weighted by Crippen LogP contribution is 2.29. The van der Waals surface area contributed by atoms with Crippen molar-refractivity contribution in [3.63, 3.8) is 0 Å². The lowest BCUT2D eigenvalue weighted by atomic mass is 10.1. The van der Waals surface area contributed by atoms with E-state index in [-0.39, 0.29) is 22.8 Å². The van der Waals surface area contributed by atoms with E-state index in [1.54, 1.807) is 6.07 Å². The predicted molar refractivity (Wildman–Crippen MR) is 76.2 cm³/mol. The molecule has 94 valence electrons. The van der Waals surface area contributed by atoms with Gasteiger partial charge in [0.1, 0.15) is 5.82 Å². The van der Waals surface area contributed by atoms with Crippen LogP contribution in [0.25, 0.3) is 0 Å². The molecule has 0 fully saturated rings. The van der Waals surface area contributed by atoms with Crippen molar-refractivity contribution in [2.24, 2.45) is 0 Å². The van der Waals surface area contributed by atoms with Crippen molar-refractivity contribution in [1.29, 1.82) is 0 Å². The molecule has 0 saturated carbocycles. The first-order valence-corrected chi connectivity index (χ1v) is 7.20. The van der Waals surface area contributed by atoms with Crippen LogP contribution >= 0.6 is 38.9 Å². The van der Waals surface area contributed by atoms with Crippen LogP contribution in [0.3, 0.4) is 0 Å². The molecule has 1 heterocycles. The Morgan fingerprint density at radius 3 is 2.78 bits per heavy atom. The van der Waals surface area contributed by atoms with Crippen molar-refractivity contribution in [3.8, 4) is 0 Å². The molecule has 0 radical (unpaired) electrons. The van der Waals surface area contributed by atoms with E-state index in [1.165, 1.54) is 23.5 Å². The second kappa shape index (κ2) is 5.51. The van der Waals surface area contributed by atoms with Gasteiger partial charge in [-0.2, -0.15) is 0 Å². The zero-order chi connectivity index (χ0) is 13.3. The van der Waals surface area contributed by atoms with Crippen LogP contribution in [0.5, 0.6) is 0 Å². The number of hydrogen-bond donors (Lipinski definition) is 0. The minimum absolute atomic E-state index is 0.0238. The molecular weight excluding hydrogens is 339 g/mol. The zero-order valence-electron chi connectivity index (χ0n) is 9.47. The summed E-state index contributed by atoms with van der Waals surface area (Å²) in [4.78, 5) is 13.7. The number of halogens is 3. The Balaban J connectivity index is 2.30. The van der Waals surface area contributed by atoms with Gasteiger partial charge in [0, 0.05) is 26.4 Å². The molecule has 0 spiro atoms. The Bertz CT molecular complexity index is 589. The normalized spacial score (nSPS) is 10.7. The van der Waals surface area contributed by atoms with E-state index in [9.17, 15) is 9.18 Å². The average molecular weight is 348 g/mol. The smallest absolute Gasteiger partial charge is 0.178 e. The number of rotatable bonds is 3. The number of carbonyl (C=O) groups excluding carboxylic acids is 1. The van der Waals surface area contributed by atoms with Crippen LogP contribution in [-0.4, -0.2) is 5.78 Å². The van der Waals surface area contributed by atoms with E-state index < -0.39 is 5.82 Å². The van der Waals surface area contributed by atoms with Crippen LogP contribution < -0.4 is 0 Å². The fourth-order valence-corrected chi connectivity index (χ4v) is 3.65. The molecule has 0 aliphatic rings. The Hall–Kier alpha value is -0.710. The summed E-state index contributed by atoms with van der Waals surface area (Å²) in [5.74, 6) is -0.577. The minimum atomic E-state index is -0.444. The number of thiophene rings is 1. The SMILES string of the molecule is Cc1cc(Br)c(C(=O)Cc2c(F)cccc2Cl)s1. The third-order valence-corrected chi connectivity index (χ3v) is 4.80. The lowest BCUT2D eigenvalue weighted by Gasteiger charge is -2.04. The van der Waals surface area contributed by atoms with Crippen molar-refractivity contribution < 1.29 is 9.18 Å². The number of Topliss-reactive ketones (excluding diaryl/α,β-unsaturated/α-hetero) is 1. The Morgan fingerprint density at radius 2 is 2.22 bits per heavy atom. The maximum Gasteiger partial charge on any atom is 0.178 e. The fourth-order valence-electron chi connectivity index (χ4n) is 1.62. The van der Waals surface area contributed by atoms with Gasteiger partial charge in [0.05, 0.1) is 4.88 Å². The molecule has 2 rings (SSSR count). The Morgan fingerprint density at radius 1 is 1.50 bits per heavy atom. The van der Waals surface area contributed by atoms with E-state index >= 15 is 0 Å². The molecule has 0 unspecified atom stereocenters. The van der Waals surface area contributed by atoms with Gasteiger partial charge in [-0.3, -0.25) is 4.79 Å². The van der Waals surface area contributed by atoms with Gasteiger partial charge < -0.3 is 0 Å². The van der Waals surface area contributed by atoms with Crippen LogP contribution in [0.2, 0.25) is 5.02 Å². The lowest BCUT2D eigenvalue weighted by molar-refractivity contribution is 0.0995. The molecule has 18 heavy (non-hydrogen) atoms. The molecule has 2 aromatic rings. The summed E-state index contributed by atoms with van der Waals surface area (Å²) < 4.78 is 14.3. The van der Waals surface area contributed by atoms with E-state index in [0.29, 0.717) is 4.88 Å². The molecule has 0 aliphatic carbocycles. The van der Waals surface area contributed by atoms with Crippen LogP contribution in [-0.2, 0) is 6.42 Å². The van der Waals surface area contributed by atoms with Gasteiger partial charge in [0.25, 0.3) is 0 Å². The van der Waals surface area contributed by atoms with Crippen LogP contribution in [0.15, 0.2) is 28.7 Å². The Kier molecular flexibility index (Phi) is 4.20. The van der Waals surface area contributed by atoms with Gasteiger partial charge in [-0.1, -0.05) is 17.7 Å². The molecule has 0 amide bonds. The van der Waals surface area contributed by atoms with Crippen LogP contribution in [0, 0.1) is 12.7 Å². The van der Waals surface area contributed by atoms with Gasteiger partial charge in [-0.05, 0) is 41.1 Å². The first kappa shape index (κ1) is 13.7. The fraction of sp³-hybridized carbons (Fsp3) is 0.154. The number of ketones is 1. The maximum absolute atomic E-state index is 13.6. The van der Waals surface area contributed by atoms with E-state index in [1.807, 2.05) is 13.0 Å². The number of hydrogen-bond acceptors (Lipinski definition) is 2. The summed E-state index contributed by atoms with van der Waals surface area (Å²) in [6.07, 6.45) is -0.0238. The van der Waals surface area contributed by atoms with E-state index in [2.05, 4.69) is 15.9 Å². The van der Waals surface area contributed by atoms with Crippen molar-refractivity contribution in [1.82, 2.24) is 0 Å². The number of carbonyl (C=O) groups is 1. The highest BCUT2D eigenvalue weighted by Gasteiger charge is 2.17. The maximum atomic E-state index is 13.6. The summed E-state index contributed by atoms with van der Waals surface area (Å²) in [5.41, 5.74) is 0.252. The molecule has 0 saturated heterocycles. The van der Waals surface area contributed by atoms with Crippen molar-refractivity contribution in [2.45, 2.75) is 13.3 Å². The molecule has 0 N–H and O–H groups in total. The van der Waals surface area contributed by atoms with Gasteiger partial charge in [0.2, 0.25) is 0 Å². The Labute approximate surface area is 122 Å². The predicted octanol–water partition coefficient (Wildman–Crippen LogP) is 5.04. The van der Waals surface area contributed by atoms with Crippen LogP contribution in [0.4, 0.5) is 4.39 Å². The first-order chi connectivity index (χ1) is 8.49. The summed E-state index contributed by atoms with van der Waals surface area (Å²) in [7, 11) is 0. The third-order valence-electron chi connectivity index (χ3n) is 2.46. The topological polar surface area (TPSA) is 17.1 Å². The molecular formula is C13H9BrClFOS. The van der Waals surface area contributed by atoms with E-state index in [0.717, 1.165) is 9.35 Å². The highest BCUT2D eigenvalue weighted by atomic mass is 79.9. The summed E-state index contributed by atoms with van der Waals surface area (Å²) in [6, 6.07) is 6.29. The molecule has 5 heteroatoms. The van der Waals surface area contributed by atoms with Gasteiger partial charge in [-0.15, -0.1) is 11.3 Å². The summed E-state index contributed by atoms with van der Waals surface area (Å²) in [6.45, 7) is 1.92. The number of benzene rings is 1. The summed E-state index contributed by atoms with van der Waals surface area (Å²) in [5, 5.41) is 0.285. The minimum Gasteiger partial charge on any atom is -0.293 e. The summed E-state index contributed by atoms with van der Waals surface area (Å²) >= 11 is 10.6. The lowest BCUT2D eigenvalue weighted by Crippen LogP contribution is -2.04. The molecule has 1 aromatic carbocycles. The highest BCUT2D eigenvalue weighted by molar-refractivity contribution is 9.10. The second-order valence-corrected chi connectivity index (χ2v) is 6.35. The van der Waals surface area contributed by atoms with Gasteiger partial charge in [-0.25, -0.2) is 4.39 Å². The zero-order valence-corrected chi connectivity index (χ0v) is 12.6. The number of aryl methyl sites for hydroxylation is 1. The van der Waals surface area contributed by atoms with Crippen molar-refractivity contribution >= 4 is 44.7 Å². The standard InChI is InChI=1S/C13H9BrClFOS/c1-7-5-9(14)13(18-7)12(17)6-8-10(15)3-2-4-11(8)16/h2-5H,6H2,1H3. The van der Waals surface area contributed by atoms with Crippen molar-refractivity contribution in [3.05, 3.63) is 54.9 Å². The molecule has 0 bridgehead atoms. The van der Waals surface area contributed by atoms with Gasteiger partial charge in [0.15, 0.2) is 5.78 Å². The molecule has 1 nitrogen and oxygen atoms in total. The van der Waals surface area contributed by atoms with Crippen LogP contribution in [0.1, 0.15) is 20.1 Å². The largest absolute Gasteiger partial charge is 0.293 e. The molecule has 1 aromatic heterocycles. The monoisotopic (exact) mass is 346 g/mol. The van der Waals surface area contributed by atoms with Crippen molar-refractivity contribution in [2.75, 3.05) is 0 Å². The van der Waals surface area contributed by atoms with E-state index in [4.69, 9.17) is 11.6 Å². The second-order valence-electron chi connectivity index (χ2n) is 3.83. The third kappa shape index (κ3) is 2.82.